The first-order chi connectivity index (χ1) is 13.1. The van der Waals surface area contributed by atoms with Gasteiger partial charge in [0.2, 0.25) is 0 Å². The van der Waals surface area contributed by atoms with E-state index in [0.29, 0.717) is 17.3 Å². The second-order valence-corrected chi connectivity index (χ2v) is 8.27. The zero-order valence-electron chi connectivity index (χ0n) is 15.4. The molecule has 0 radical (unpaired) electrons. The first-order valence-electron chi connectivity index (χ1n) is 9.21. The number of aromatic nitrogens is 4. The molecule has 6 nitrogen and oxygen atoms in total. The van der Waals surface area contributed by atoms with Crippen molar-refractivity contribution in [2.75, 3.05) is 20.1 Å². The maximum absolute atomic E-state index is 10.7. The van der Waals surface area contributed by atoms with Gasteiger partial charge in [-0.3, -0.25) is 0 Å². The van der Waals surface area contributed by atoms with Crippen LogP contribution in [0, 0.1) is 6.92 Å². The lowest BCUT2D eigenvalue weighted by atomic mass is 10.0. The highest BCUT2D eigenvalue weighted by molar-refractivity contribution is 7.17. The Balaban J connectivity index is 1.62. The minimum Gasteiger partial charge on any atom is -0.506 e. The van der Waals surface area contributed by atoms with Gasteiger partial charge in [-0.05, 0) is 56.3 Å². The summed E-state index contributed by atoms with van der Waals surface area (Å²) in [7, 11) is 2.16. The number of rotatable bonds is 2. The van der Waals surface area contributed by atoms with E-state index in [2.05, 4.69) is 31.7 Å². The maximum atomic E-state index is 10.7. The van der Waals surface area contributed by atoms with E-state index >= 15 is 0 Å². The molecule has 1 atom stereocenters. The van der Waals surface area contributed by atoms with E-state index in [1.165, 1.54) is 17.8 Å². The number of thiophene rings is 1. The lowest BCUT2D eigenvalue weighted by molar-refractivity contribution is 0.214. The third-order valence-electron chi connectivity index (χ3n) is 5.57. The van der Waals surface area contributed by atoms with Crippen molar-refractivity contribution >= 4 is 32.6 Å². The second-order valence-electron chi connectivity index (χ2n) is 7.36. The fourth-order valence-corrected chi connectivity index (χ4v) is 4.94. The standard InChI is InChI=1S/C20H21N5OS/c1-12-16(15-6-5-13-7-9-27-19(13)18(15)26)22-23-20-17(12)21-11-25(20)14-4-3-8-24(2)10-14/h5-7,9,11,14,26H,3-4,8,10H2,1-2H3/t14-/m1/s1. The van der Waals surface area contributed by atoms with E-state index in [1.807, 2.05) is 36.8 Å². The molecular formula is C20H21N5OS. The van der Waals surface area contributed by atoms with Gasteiger partial charge in [0, 0.05) is 23.7 Å². The van der Waals surface area contributed by atoms with Crippen molar-refractivity contribution in [3.8, 4) is 17.0 Å². The summed E-state index contributed by atoms with van der Waals surface area (Å²) in [4.78, 5) is 7.00. The highest BCUT2D eigenvalue weighted by atomic mass is 32.1. The van der Waals surface area contributed by atoms with E-state index in [1.54, 1.807) is 0 Å². The van der Waals surface area contributed by atoms with Gasteiger partial charge >= 0.3 is 0 Å². The quantitative estimate of drug-likeness (QED) is 0.570. The van der Waals surface area contributed by atoms with Crippen LogP contribution in [-0.4, -0.2) is 49.9 Å². The highest BCUT2D eigenvalue weighted by Crippen LogP contribution is 2.39. The molecule has 1 aliphatic heterocycles. The van der Waals surface area contributed by atoms with E-state index in [0.717, 1.165) is 46.3 Å². The van der Waals surface area contributed by atoms with Crippen LogP contribution in [0.2, 0.25) is 0 Å². The molecule has 3 aromatic heterocycles. The molecule has 27 heavy (non-hydrogen) atoms. The number of piperidine rings is 1. The van der Waals surface area contributed by atoms with Crippen LogP contribution < -0.4 is 0 Å². The summed E-state index contributed by atoms with van der Waals surface area (Å²) < 4.78 is 3.04. The molecule has 1 aromatic carbocycles. The monoisotopic (exact) mass is 379 g/mol. The Morgan fingerprint density at radius 2 is 2.11 bits per heavy atom. The van der Waals surface area contributed by atoms with Gasteiger partial charge in [-0.15, -0.1) is 21.5 Å². The molecule has 1 fully saturated rings. The number of nitrogens with zero attached hydrogens (tertiary/aromatic N) is 5. The molecule has 0 aliphatic carbocycles. The number of hydrogen-bond donors (Lipinski definition) is 1. The molecule has 138 valence electrons. The number of imidazole rings is 1. The first kappa shape index (κ1) is 16.6. The van der Waals surface area contributed by atoms with Crippen molar-refractivity contribution in [1.29, 1.82) is 0 Å². The van der Waals surface area contributed by atoms with E-state index in [4.69, 9.17) is 0 Å². The Kier molecular flexibility index (Phi) is 3.87. The third-order valence-corrected chi connectivity index (χ3v) is 6.50. The van der Waals surface area contributed by atoms with Crippen molar-refractivity contribution in [3.05, 3.63) is 35.5 Å². The zero-order valence-corrected chi connectivity index (χ0v) is 16.2. The summed E-state index contributed by atoms with van der Waals surface area (Å²) in [5.41, 5.74) is 4.05. The van der Waals surface area contributed by atoms with E-state index < -0.39 is 0 Å². The molecule has 1 N–H and O–H groups in total. The molecule has 1 aliphatic rings. The minimum absolute atomic E-state index is 0.271. The topological polar surface area (TPSA) is 67.1 Å². The van der Waals surface area contributed by atoms with Crippen LogP contribution in [0.4, 0.5) is 0 Å². The van der Waals surface area contributed by atoms with Gasteiger partial charge in [-0.25, -0.2) is 4.98 Å². The van der Waals surface area contributed by atoms with Crippen LogP contribution >= 0.6 is 11.3 Å². The molecular weight excluding hydrogens is 358 g/mol. The SMILES string of the molecule is Cc1c(-c2ccc3ccsc3c2O)nnc2c1ncn2[C@@H]1CCCN(C)C1. The average molecular weight is 379 g/mol. The summed E-state index contributed by atoms with van der Waals surface area (Å²) in [6, 6.07) is 6.32. The van der Waals surface area contributed by atoms with Gasteiger partial charge in [0.15, 0.2) is 5.65 Å². The van der Waals surface area contributed by atoms with Crippen molar-refractivity contribution in [2.45, 2.75) is 25.8 Å². The molecule has 4 heterocycles. The molecule has 0 unspecified atom stereocenters. The van der Waals surface area contributed by atoms with Gasteiger partial charge in [-0.1, -0.05) is 6.07 Å². The number of benzene rings is 1. The number of phenolic OH excluding ortho intramolecular Hbond substituents is 1. The number of aryl methyl sites for hydroxylation is 1. The van der Waals surface area contributed by atoms with Crippen LogP contribution in [0.25, 0.3) is 32.5 Å². The van der Waals surface area contributed by atoms with Crippen LogP contribution in [0.5, 0.6) is 5.75 Å². The molecule has 0 spiro atoms. The van der Waals surface area contributed by atoms with Gasteiger partial charge < -0.3 is 14.6 Å². The Bertz CT molecular complexity index is 1150. The number of fused-ring (bicyclic) bond motifs is 2. The Morgan fingerprint density at radius 1 is 1.22 bits per heavy atom. The predicted molar refractivity (Wildman–Crippen MR) is 108 cm³/mol. The Morgan fingerprint density at radius 3 is 2.96 bits per heavy atom. The van der Waals surface area contributed by atoms with E-state index in [9.17, 15) is 5.11 Å². The highest BCUT2D eigenvalue weighted by Gasteiger charge is 2.23. The summed E-state index contributed by atoms with van der Waals surface area (Å²) in [6.45, 7) is 4.15. The molecule has 1 saturated heterocycles. The maximum Gasteiger partial charge on any atom is 0.183 e. The third kappa shape index (κ3) is 2.61. The molecule has 7 heteroatoms. The van der Waals surface area contributed by atoms with Crippen LogP contribution in [0.1, 0.15) is 24.4 Å². The number of phenols is 1. The number of likely N-dealkylation sites (N-methyl/N-ethyl adjacent to an activating group) is 1. The predicted octanol–water partition coefficient (Wildman–Crippen LogP) is 3.99. The molecule has 5 rings (SSSR count). The lowest BCUT2D eigenvalue weighted by Crippen LogP contribution is -2.33. The Labute approximate surface area is 161 Å². The van der Waals surface area contributed by atoms with Crippen LogP contribution in [0.15, 0.2) is 29.9 Å². The van der Waals surface area contributed by atoms with Gasteiger partial charge in [0.1, 0.15) is 17.0 Å². The average Bonchev–Trinajstić information content (AvgIpc) is 3.30. The summed E-state index contributed by atoms with van der Waals surface area (Å²) in [6.07, 6.45) is 4.20. The number of hydrogen-bond acceptors (Lipinski definition) is 6. The van der Waals surface area contributed by atoms with E-state index in [-0.39, 0.29) is 5.75 Å². The van der Waals surface area contributed by atoms with Gasteiger partial charge in [0.05, 0.1) is 11.0 Å². The second kappa shape index (κ2) is 6.28. The first-order valence-corrected chi connectivity index (χ1v) is 10.1. The lowest BCUT2D eigenvalue weighted by Gasteiger charge is -2.30. The fraction of sp³-hybridized carbons (Fsp3) is 0.350. The summed E-state index contributed by atoms with van der Waals surface area (Å²) in [5.74, 6) is 0.271. The molecule has 0 bridgehead atoms. The van der Waals surface area contributed by atoms with Crippen LogP contribution in [-0.2, 0) is 0 Å². The normalized spacial score (nSPS) is 18.5. The van der Waals surface area contributed by atoms with Crippen molar-refractivity contribution < 1.29 is 5.11 Å². The summed E-state index contributed by atoms with van der Waals surface area (Å²) >= 11 is 1.53. The largest absolute Gasteiger partial charge is 0.506 e. The molecule has 0 saturated carbocycles. The minimum atomic E-state index is 0.271. The van der Waals surface area contributed by atoms with Crippen molar-refractivity contribution in [2.24, 2.45) is 0 Å². The van der Waals surface area contributed by atoms with Crippen molar-refractivity contribution in [3.63, 3.8) is 0 Å². The molecule has 4 aromatic rings. The smallest absolute Gasteiger partial charge is 0.183 e. The van der Waals surface area contributed by atoms with Gasteiger partial charge in [-0.2, -0.15) is 0 Å². The zero-order chi connectivity index (χ0) is 18.5. The summed E-state index contributed by atoms with van der Waals surface area (Å²) in [5, 5.41) is 22.8. The molecule has 0 amide bonds. The number of likely N-dealkylation sites (tertiary alicyclic amines) is 1. The number of aromatic hydroxyl groups is 1. The van der Waals surface area contributed by atoms with Crippen LogP contribution in [0.3, 0.4) is 0 Å². The fourth-order valence-electron chi connectivity index (χ4n) is 4.10. The van der Waals surface area contributed by atoms with Crippen molar-refractivity contribution in [1.82, 2.24) is 24.6 Å². The van der Waals surface area contributed by atoms with Gasteiger partial charge in [0.25, 0.3) is 0 Å². The Hall–Kier alpha value is -2.51.